The Bertz CT molecular complexity index is 1260. The molecule has 4 aromatic rings. The Balaban J connectivity index is 1.72. The molecule has 2 N–H and O–H groups in total. The number of rotatable bonds is 6. The molecule has 0 radical (unpaired) electrons. The van der Waals surface area contributed by atoms with Crippen LogP contribution in [0.5, 0.6) is 5.75 Å². The van der Waals surface area contributed by atoms with Crippen LogP contribution in [-0.2, 0) is 6.54 Å². The normalized spacial score (nSPS) is 11.1. The number of aromatic nitrogens is 3. The number of benzene rings is 3. The summed E-state index contributed by atoms with van der Waals surface area (Å²) in [4.78, 5) is 0. The van der Waals surface area contributed by atoms with Gasteiger partial charge in [-0.25, -0.2) is 4.68 Å². The third-order valence-electron chi connectivity index (χ3n) is 4.82. The van der Waals surface area contributed by atoms with Gasteiger partial charge >= 0.3 is 6.36 Å². The molecule has 10 heteroatoms. The molecule has 0 fully saturated rings. The number of nitrogens with two attached hydrogens (primary N) is 1. The summed E-state index contributed by atoms with van der Waals surface area (Å²) in [5.74, 6) is -0.338. The highest BCUT2D eigenvalue weighted by atomic mass is 19.4. The smallest absolute Gasteiger partial charge is 0.406 e. The van der Waals surface area contributed by atoms with Crippen molar-refractivity contribution in [3.8, 4) is 22.9 Å². The molecule has 0 saturated carbocycles. The number of hydrogen-bond donors (Lipinski definition) is 1. The standard InChI is InChI=1S/C23H17F3N6O/c24-23(25,26)33-21-9-4-17(5-10-21)22-11-20(8-3-18(22)12-27)32(31-14-29-30-15-31)13-16-1-6-19(28)7-2-16/h1-11,14-15H,13,28H2. The van der Waals surface area contributed by atoms with Crippen LogP contribution in [0.25, 0.3) is 11.1 Å². The highest BCUT2D eigenvalue weighted by molar-refractivity contribution is 5.75. The van der Waals surface area contributed by atoms with Crippen LogP contribution in [0.15, 0.2) is 79.4 Å². The summed E-state index contributed by atoms with van der Waals surface area (Å²) in [6, 6.07) is 20.1. The Labute approximate surface area is 187 Å². The molecule has 0 atom stereocenters. The van der Waals surface area contributed by atoms with E-state index < -0.39 is 6.36 Å². The first-order chi connectivity index (χ1) is 15.8. The minimum Gasteiger partial charge on any atom is -0.406 e. The fourth-order valence-corrected chi connectivity index (χ4v) is 3.29. The van der Waals surface area contributed by atoms with E-state index in [-0.39, 0.29) is 5.75 Å². The summed E-state index contributed by atoms with van der Waals surface area (Å²) in [6.45, 7) is 0.446. The van der Waals surface area contributed by atoms with Crippen molar-refractivity contribution in [2.24, 2.45) is 0 Å². The van der Waals surface area contributed by atoms with Crippen molar-refractivity contribution in [2.45, 2.75) is 12.9 Å². The molecule has 0 aliphatic carbocycles. The van der Waals surface area contributed by atoms with Gasteiger partial charge in [0, 0.05) is 11.3 Å². The van der Waals surface area contributed by atoms with E-state index in [2.05, 4.69) is 21.0 Å². The van der Waals surface area contributed by atoms with Gasteiger partial charge in [-0.05, 0) is 53.6 Å². The predicted octanol–water partition coefficient (Wildman–Crippen LogP) is 4.77. The van der Waals surface area contributed by atoms with Gasteiger partial charge in [0.25, 0.3) is 0 Å². The van der Waals surface area contributed by atoms with E-state index in [1.807, 2.05) is 17.1 Å². The maximum absolute atomic E-state index is 12.5. The monoisotopic (exact) mass is 450 g/mol. The van der Waals surface area contributed by atoms with Crippen molar-refractivity contribution in [2.75, 3.05) is 10.7 Å². The zero-order valence-electron chi connectivity index (χ0n) is 17.1. The van der Waals surface area contributed by atoms with E-state index in [0.29, 0.717) is 28.9 Å². The van der Waals surface area contributed by atoms with Crippen molar-refractivity contribution in [3.05, 3.63) is 90.5 Å². The molecule has 7 nitrogen and oxygen atoms in total. The van der Waals surface area contributed by atoms with Crippen LogP contribution < -0.4 is 15.5 Å². The number of anilines is 2. The summed E-state index contributed by atoms with van der Waals surface area (Å²) in [5, 5.41) is 19.2. The number of ether oxygens (including phenoxy) is 1. The SMILES string of the molecule is N#Cc1ccc(N(Cc2ccc(N)cc2)n2cnnc2)cc1-c1ccc(OC(F)(F)F)cc1. The van der Waals surface area contributed by atoms with Gasteiger partial charge in [-0.1, -0.05) is 24.3 Å². The van der Waals surface area contributed by atoms with Crippen LogP contribution in [0.4, 0.5) is 24.5 Å². The van der Waals surface area contributed by atoms with Gasteiger partial charge in [0.2, 0.25) is 0 Å². The second kappa shape index (κ2) is 8.92. The van der Waals surface area contributed by atoms with Crippen LogP contribution >= 0.6 is 0 Å². The Morgan fingerprint density at radius 2 is 1.64 bits per heavy atom. The molecule has 1 heterocycles. The molecular weight excluding hydrogens is 433 g/mol. The van der Waals surface area contributed by atoms with Crippen LogP contribution in [0.2, 0.25) is 0 Å². The minimum atomic E-state index is -4.78. The average Bonchev–Trinajstić information content (AvgIpc) is 3.32. The van der Waals surface area contributed by atoms with Crippen LogP contribution in [0.3, 0.4) is 0 Å². The van der Waals surface area contributed by atoms with E-state index in [9.17, 15) is 18.4 Å². The maximum atomic E-state index is 12.5. The van der Waals surface area contributed by atoms with Crippen LogP contribution in [0.1, 0.15) is 11.1 Å². The molecule has 0 amide bonds. The molecule has 0 aliphatic rings. The lowest BCUT2D eigenvalue weighted by molar-refractivity contribution is -0.274. The lowest BCUT2D eigenvalue weighted by Crippen LogP contribution is -2.27. The average molecular weight is 450 g/mol. The molecular formula is C23H17F3N6O. The Kier molecular flexibility index (Phi) is 5.87. The van der Waals surface area contributed by atoms with Crippen molar-refractivity contribution in [1.82, 2.24) is 14.9 Å². The minimum absolute atomic E-state index is 0.338. The third-order valence-corrected chi connectivity index (χ3v) is 4.82. The molecule has 4 rings (SSSR count). The molecule has 0 saturated heterocycles. The molecule has 33 heavy (non-hydrogen) atoms. The number of halogens is 3. The van der Waals surface area contributed by atoms with E-state index in [4.69, 9.17) is 5.73 Å². The fraction of sp³-hybridized carbons (Fsp3) is 0.0870. The summed E-state index contributed by atoms with van der Waals surface area (Å²) in [6.07, 6.45) is -1.70. The quantitative estimate of drug-likeness (QED) is 0.426. The third kappa shape index (κ3) is 5.22. The topological polar surface area (TPSA) is 93.0 Å². The second-order valence-corrected chi connectivity index (χ2v) is 7.05. The van der Waals surface area contributed by atoms with Crippen molar-refractivity contribution < 1.29 is 17.9 Å². The zero-order valence-corrected chi connectivity index (χ0v) is 17.1. The van der Waals surface area contributed by atoms with Crippen molar-refractivity contribution >= 4 is 11.4 Å². The summed E-state index contributed by atoms with van der Waals surface area (Å²) in [7, 11) is 0. The maximum Gasteiger partial charge on any atom is 0.573 e. The number of alkyl halides is 3. The second-order valence-electron chi connectivity index (χ2n) is 7.05. The Morgan fingerprint density at radius 3 is 2.24 bits per heavy atom. The summed E-state index contributed by atoms with van der Waals surface area (Å²) < 4.78 is 43.0. The Morgan fingerprint density at radius 1 is 0.970 bits per heavy atom. The summed E-state index contributed by atoms with van der Waals surface area (Å²) in [5.41, 5.74) is 9.62. The number of nitrogen functional groups attached to an aromatic ring is 1. The largest absolute Gasteiger partial charge is 0.573 e. The van der Waals surface area contributed by atoms with Gasteiger partial charge in [-0.3, -0.25) is 5.01 Å². The van der Waals surface area contributed by atoms with Crippen LogP contribution in [0, 0.1) is 11.3 Å². The number of nitriles is 1. The molecule has 0 spiro atoms. The van der Waals surface area contributed by atoms with E-state index in [1.165, 1.54) is 24.3 Å². The van der Waals surface area contributed by atoms with Gasteiger partial charge in [0.05, 0.1) is 23.9 Å². The highest BCUT2D eigenvalue weighted by Gasteiger charge is 2.31. The van der Waals surface area contributed by atoms with E-state index >= 15 is 0 Å². The van der Waals surface area contributed by atoms with E-state index in [0.717, 1.165) is 11.3 Å². The summed E-state index contributed by atoms with van der Waals surface area (Å²) >= 11 is 0. The molecule has 1 aromatic heterocycles. The Hall–Kier alpha value is -4.52. The first-order valence-electron chi connectivity index (χ1n) is 9.69. The molecule has 3 aromatic carbocycles. The number of nitrogens with zero attached hydrogens (tertiary/aromatic N) is 5. The lowest BCUT2D eigenvalue weighted by atomic mass is 9.99. The molecule has 0 unspecified atom stereocenters. The molecule has 0 aliphatic heterocycles. The lowest BCUT2D eigenvalue weighted by Gasteiger charge is -2.26. The predicted molar refractivity (Wildman–Crippen MR) is 116 cm³/mol. The molecule has 0 bridgehead atoms. The fourth-order valence-electron chi connectivity index (χ4n) is 3.29. The zero-order chi connectivity index (χ0) is 23.4. The van der Waals surface area contributed by atoms with E-state index in [1.54, 1.807) is 47.7 Å². The van der Waals surface area contributed by atoms with Gasteiger partial charge in [-0.15, -0.1) is 23.4 Å². The van der Waals surface area contributed by atoms with Crippen molar-refractivity contribution in [1.29, 1.82) is 5.26 Å². The van der Waals surface area contributed by atoms with Gasteiger partial charge in [0.15, 0.2) is 0 Å². The van der Waals surface area contributed by atoms with Crippen molar-refractivity contribution in [3.63, 3.8) is 0 Å². The highest BCUT2D eigenvalue weighted by Crippen LogP contribution is 2.32. The van der Waals surface area contributed by atoms with Gasteiger partial charge in [0.1, 0.15) is 18.4 Å². The van der Waals surface area contributed by atoms with Gasteiger partial charge in [-0.2, -0.15) is 5.26 Å². The number of hydrogen-bond acceptors (Lipinski definition) is 6. The molecule has 166 valence electrons. The van der Waals surface area contributed by atoms with Crippen LogP contribution in [-0.4, -0.2) is 21.2 Å². The van der Waals surface area contributed by atoms with Gasteiger partial charge < -0.3 is 10.5 Å². The first kappa shape index (κ1) is 21.7. The first-order valence-corrected chi connectivity index (χ1v) is 9.69.